The van der Waals surface area contributed by atoms with Crippen LogP contribution in [0.15, 0.2) is 48.3 Å². The molecule has 0 atom stereocenters. The number of rotatable bonds is 10. The summed E-state index contributed by atoms with van der Waals surface area (Å²) in [6.07, 6.45) is 0.964. The van der Waals surface area contributed by atoms with Crippen molar-refractivity contribution in [2.45, 2.75) is 13.1 Å². The van der Waals surface area contributed by atoms with Crippen LogP contribution < -0.4 is 24.7 Å². The van der Waals surface area contributed by atoms with Crippen LogP contribution in [0.2, 0.25) is 0 Å². The summed E-state index contributed by atoms with van der Waals surface area (Å²) in [5, 5.41) is 9.14. The Kier molecular flexibility index (Phi) is 7.59. The van der Waals surface area contributed by atoms with E-state index in [4.69, 9.17) is 29.8 Å². The Balaban J connectivity index is 2.40. The van der Waals surface area contributed by atoms with Gasteiger partial charge in [-0.15, -0.1) is 0 Å². The van der Waals surface area contributed by atoms with Crippen LogP contribution in [0.25, 0.3) is 0 Å². The van der Waals surface area contributed by atoms with Crippen LogP contribution in [-0.2, 0) is 17.9 Å². The van der Waals surface area contributed by atoms with Gasteiger partial charge in [0, 0.05) is 36.3 Å². The van der Waals surface area contributed by atoms with Gasteiger partial charge < -0.3 is 34.7 Å². The van der Waals surface area contributed by atoms with Crippen molar-refractivity contribution in [3.63, 3.8) is 0 Å². The third-order valence-electron chi connectivity index (χ3n) is 4.35. The number of methoxy groups -OCH3 is 4. The van der Waals surface area contributed by atoms with Gasteiger partial charge in [-0.05, 0) is 24.3 Å². The van der Waals surface area contributed by atoms with Gasteiger partial charge in [0.15, 0.2) is 0 Å². The molecule has 0 amide bonds. The maximum atomic E-state index is 11.2. The molecule has 0 radical (unpaired) electrons. The minimum Gasteiger partial charge on any atom is -0.497 e. The van der Waals surface area contributed by atoms with E-state index >= 15 is 0 Å². The summed E-state index contributed by atoms with van der Waals surface area (Å²) in [7, 11) is 6.27. The third-order valence-corrected chi connectivity index (χ3v) is 4.35. The second kappa shape index (κ2) is 10.1. The zero-order chi connectivity index (χ0) is 21.4. The Morgan fingerprint density at radius 1 is 0.897 bits per heavy atom. The van der Waals surface area contributed by atoms with E-state index in [1.54, 1.807) is 57.6 Å². The number of carboxylic acid groups (broad SMARTS) is 1. The van der Waals surface area contributed by atoms with E-state index in [1.165, 1.54) is 0 Å². The van der Waals surface area contributed by atoms with Crippen molar-refractivity contribution in [2.75, 3.05) is 28.4 Å². The molecule has 0 saturated heterocycles. The van der Waals surface area contributed by atoms with Gasteiger partial charge in [-0.2, -0.15) is 0 Å². The second-order valence-electron chi connectivity index (χ2n) is 6.12. The lowest BCUT2D eigenvalue weighted by Crippen LogP contribution is -2.28. The van der Waals surface area contributed by atoms with E-state index < -0.39 is 5.97 Å². The molecular formula is C21H26N2O6. The molecule has 0 heterocycles. The summed E-state index contributed by atoms with van der Waals surface area (Å²) in [4.78, 5) is 12.9. The highest BCUT2D eigenvalue weighted by Gasteiger charge is 2.16. The van der Waals surface area contributed by atoms with Crippen LogP contribution in [0.1, 0.15) is 11.1 Å². The zero-order valence-electron chi connectivity index (χ0n) is 17.0. The topological polar surface area (TPSA) is 103 Å². The molecular weight excluding hydrogens is 376 g/mol. The second-order valence-corrected chi connectivity index (χ2v) is 6.12. The molecule has 0 unspecified atom stereocenters. The maximum absolute atomic E-state index is 11.2. The predicted molar refractivity (Wildman–Crippen MR) is 108 cm³/mol. The van der Waals surface area contributed by atoms with Gasteiger partial charge in [0.1, 0.15) is 28.8 Å². The summed E-state index contributed by atoms with van der Waals surface area (Å²) < 4.78 is 21.4. The number of nitrogens with zero attached hydrogens (tertiary/aromatic N) is 1. The van der Waals surface area contributed by atoms with Gasteiger partial charge >= 0.3 is 5.97 Å². The summed E-state index contributed by atoms with van der Waals surface area (Å²) in [6.45, 7) is 0.635. The molecule has 29 heavy (non-hydrogen) atoms. The average molecular weight is 402 g/mol. The predicted octanol–water partition coefficient (Wildman–Crippen LogP) is 2.61. The van der Waals surface area contributed by atoms with Crippen LogP contribution in [-0.4, -0.2) is 44.4 Å². The first-order chi connectivity index (χ1) is 13.9. The molecule has 0 aliphatic heterocycles. The molecule has 8 nitrogen and oxygen atoms in total. The fourth-order valence-corrected chi connectivity index (χ4v) is 2.83. The van der Waals surface area contributed by atoms with E-state index in [0.29, 0.717) is 36.1 Å². The lowest BCUT2D eigenvalue weighted by molar-refractivity contribution is -0.131. The molecule has 2 aromatic rings. The highest BCUT2D eigenvalue weighted by molar-refractivity contribution is 5.80. The van der Waals surface area contributed by atoms with Crippen molar-refractivity contribution >= 4 is 5.97 Å². The SMILES string of the molecule is COc1ccc(CN(Cc2ccc(OC)cc2OC)/C(N)=C/C(=O)O)c(OC)c1. The first-order valence-electron chi connectivity index (χ1n) is 8.78. The van der Waals surface area contributed by atoms with Crippen LogP contribution >= 0.6 is 0 Å². The molecule has 3 N–H and O–H groups in total. The molecule has 2 rings (SSSR count). The fraction of sp³-hybridized carbons (Fsp3) is 0.286. The summed E-state index contributed by atoms with van der Waals surface area (Å²) in [5.74, 6) is 1.51. The van der Waals surface area contributed by atoms with Crippen molar-refractivity contribution in [2.24, 2.45) is 5.73 Å². The lowest BCUT2D eigenvalue weighted by Gasteiger charge is -2.26. The van der Waals surface area contributed by atoms with E-state index in [1.807, 2.05) is 12.1 Å². The first-order valence-corrected chi connectivity index (χ1v) is 8.78. The number of carbonyl (C=O) groups is 1. The summed E-state index contributed by atoms with van der Waals surface area (Å²) in [5.41, 5.74) is 7.73. The van der Waals surface area contributed by atoms with Crippen LogP contribution in [0, 0.1) is 0 Å². The molecule has 0 aromatic heterocycles. The Labute approximate surface area is 170 Å². The smallest absolute Gasteiger partial charge is 0.331 e. The quantitative estimate of drug-likeness (QED) is 0.585. The largest absolute Gasteiger partial charge is 0.497 e. The Hall–Kier alpha value is -3.55. The summed E-state index contributed by atoms with van der Waals surface area (Å²) >= 11 is 0. The van der Waals surface area contributed by atoms with Crippen LogP contribution in [0.4, 0.5) is 0 Å². The Morgan fingerprint density at radius 2 is 1.34 bits per heavy atom. The van der Waals surface area contributed by atoms with Crippen molar-refractivity contribution < 1.29 is 28.8 Å². The maximum Gasteiger partial charge on any atom is 0.331 e. The number of ether oxygens (including phenoxy) is 4. The number of aliphatic carboxylic acids is 1. The molecule has 0 fully saturated rings. The third kappa shape index (κ3) is 5.71. The fourth-order valence-electron chi connectivity index (χ4n) is 2.83. The van der Waals surface area contributed by atoms with Gasteiger partial charge in [0.2, 0.25) is 0 Å². The molecule has 0 saturated carbocycles. The minimum atomic E-state index is -1.13. The van der Waals surface area contributed by atoms with Crippen LogP contribution in [0.3, 0.4) is 0 Å². The Bertz CT molecular complexity index is 824. The minimum absolute atomic E-state index is 0.105. The number of hydrogen-bond donors (Lipinski definition) is 2. The molecule has 0 aliphatic rings. The standard InChI is InChI=1S/C21H26N2O6/c1-26-16-7-5-14(18(9-16)28-3)12-23(20(22)11-21(24)25)13-15-6-8-17(27-2)10-19(15)29-4/h5-11H,12-13,22H2,1-4H3,(H,24,25)/b20-11+. The lowest BCUT2D eigenvalue weighted by atomic mass is 10.1. The van der Waals surface area contributed by atoms with E-state index in [2.05, 4.69) is 0 Å². The van der Waals surface area contributed by atoms with Crippen LogP contribution in [0.5, 0.6) is 23.0 Å². The normalized spacial score (nSPS) is 11.0. The van der Waals surface area contributed by atoms with Gasteiger partial charge in [-0.3, -0.25) is 0 Å². The molecule has 2 aromatic carbocycles. The number of hydrogen-bond acceptors (Lipinski definition) is 7. The zero-order valence-corrected chi connectivity index (χ0v) is 17.0. The first kappa shape index (κ1) is 21.7. The van der Waals surface area contributed by atoms with E-state index in [0.717, 1.165) is 17.2 Å². The number of carboxylic acids is 1. The van der Waals surface area contributed by atoms with Gasteiger partial charge in [-0.25, -0.2) is 4.79 Å². The highest BCUT2D eigenvalue weighted by Crippen LogP contribution is 2.29. The monoisotopic (exact) mass is 402 g/mol. The van der Waals surface area contributed by atoms with Gasteiger partial charge in [0.25, 0.3) is 0 Å². The average Bonchev–Trinajstić information content (AvgIpc) is 2.72. The van der Waals surface area contributed by atoms with Crippen molar-refractivity contribution in [3.05, 3.63) is 59.4 Å². The van der Waals surface area contributed by atoms with Crippen molar-refractivity contribution in [1.29, 1.82) is 0 Å². The number of benzene rings is 2. The van der Waals surface area contributed by atoms with Gasteiger partial charge in [-0.1, -0.05) is 0 Å². The molecule has 0 spiro atoms. The van der Waals surface area contributed by atoms with E-state index in [9.17, 15) is 4.79 Å². The molecule has 156 valence electrons. The molecule has 0 bridgehead atoms. The van der Waals surface area contributed by atoms with E-state index in [-0.39, 0.29) is 5.82 Å². The van der Waals surface area contributed by atoms with Gasteiger partial charge in [0.05, 0.1) is 34.5 Å². The summed E-state index contributed by atoms with van der Waals surface area (Å²) in [6, 6.07) is 10.8. The van der Waals surface area contributed by atoms with Crippen molar-refractivity contribution in [1.82, 2.24) is 4.90 Å². The molecule has 8 heteroatoms. The van der Waals surface area contributed by atoms with Crippen molar-refractivity contribution in [3.8, 4) is 23.0 Å². The highest BCUT2D eigenvalue weighted by atomic mass is 16.5. The number of nitrogens with two attached hydrogens (primary N) is 1. The Morgan fingerprint density at radius 3 is 1.69 bits per heavy atom. The molecule has 0 aliphatic carbocycles.